The largest absolute Gasteiger partial charge is 0.317 e. The molecule has 2 aliphatic heterocycles. The maximum Gasteiger partial charge on any atom is 0.0331 e. The Kier molecular flexibility index (Phi) is 4.02. The summed E-state index contributed by atoms with van der Waals surface area (Å²) in [5.41, 5.74) is 1.59. The molecule has 2 aliphatic rings. The van der Waals surface area contributed by atoms with E-state index in [2.05, 4.69) is 28.6 Å². The summed E-state index contributed by atoms with van der Waals surface area (Å²) in [7, 11) is 0. The third-order valence-corrected chi connectivity index (χ3v) is 5.68. The van der Waals surface area contributed by atoms with Gasteiger partial charge in [0.15, 0.2) is 0 Å². The highest BCUT2D eigenvalue weighted by atomic mass is 32.1. The minimum Gasteiger partial charge on any atom is -0.317 e. The highest BCUT2D eigenvalue weighted by molar-refractivity contribution is 7.10. The van der Waals surface area contributed by atoms with Gasteiger partial charge in [-0.2, -0.15) is 0 Å². The molecule has 0 aliphatic carbocycles. The summed E-state index contributed by atoms with van der Waals surface area (Å²) in [6.45, 7) is 7.40. The van der Waals surface area contributed by atoms with Crippen molar-refractivity contribution in [1.29, 1.82) is 0 Å². The van der Waals surface area contributed by atoms with Gasteiger partial charge in [0.1, 0.15) is 0 Å². The molecule has 1 atom stereocenters. The van der Waals surface area contributed by atoms with Gasteiger partial charge in [-0.15, -0.1) is 11.3 Å². The monoisotopic (exact) mass is 264 g/mol. The molecule has 1 N–H and O–H groups in total. The van der Waals surface area contributed by atoms with Crippen LogP contribution in [0.5, 0.6) is 0 Å². The number of hydrogen-bond donors (Lipinski definition) is 1. The lowest BCUT2D eigenvalue weighted by Gasteiger charge is -2.35. The molecular weight excluding hydrogens is 240 g/mol. The van der Waals surface area contributed by atoms with Gasteiger partial charge in [0.2, 0.25) is 0 Å². The third kappa shape index (κ3) is 2.63. The fourth-order valence-electron chi connectivity index (χ4n) is 3.39. The van der Waals surface area contributed by atoms with Gasteiger partial charge >= 0.3 is 0 Å². The summed E-state index contributed by atoms with van der Waals surface area (Å²) >= 11 is 1.94. The lowest BCUT2D eigenvalue weighted by molar-refractivity contribution is 0.178. The Balaban J connectivity index is 1.54. The molecule has 3 rings (SSSR count). The Labute approximate surface area is 114 Å². The first-order valence-electron chi connectivity index (χ1n) is 7.35. The minimum absolute atomic E-state index is 0.640. The van der Waals surface area contributed by atoms with E-state index in [1.54, 1.807) is 10.4 Å². The molecule has 1 saturated heterocycles. The van der Waals surface area contributed by atoms with Gasteiger partial charge in [-0.1, -0.05) is 0 Å². The van der Waals surface area contributed by atoms with Crippen molar-refractivity contribution in [2.45, 2.75) is 38.6 Å². The van der Waals surface area contributed by atoms with Gasteiger partial charge < -0.3 is 5.32 Å². The second-order valence-electron chi connectivity index (χ2n) is 5.74. The number of hydrogen-bond acceptors (Lipinski definition) is 3. The van der Waals surface area contributed by atoms with Crippen LogP contribution in [0.3, 0.4) is 0 Å². The van der Waals surface area contributed by atoms with E-state index in [0.29, 0.717) is 6.04 Å². The van der Waals surface area contributed by atoms with Crippen LogP contribution in [0.15, 0.2) is 11.4 Å². The van der Waals surface area contributed by atoms with E-state index in [1.165, 1.54) is 51.9 Å². The Morgan fingerprint density at radius 2 is 2.22 bits per heavy atom. The molecule has 0 saturated carbocycles. The molecule has 0 spiro atoms. The number of thiophene rings is 1. The predicted octanol–water partition coefficient (Wildman–Crippen LogP) is 3.06. The molecule has 18 heavy (non-hydrogen) atoms. The first kappa shape index (κ1) is 12.6. The molecule has 0 aromatic carbocycles. The van der Waals surface area contributed by atoms with E-state index in [0.717, 1.165) is 5.92 Å². The molecule has 0 radical (unpaired) electrons. The van der Waals surface area contributed by atoms with Crippen molar-refractivity contribution in [3.63, 3.8) is 0 Å². The number of piperidine rings is 1. The fourth-order valence-corrected chi connectivity index (χ4v) is 4.35. The van der Waals surface area contributed by atoms with Gasteiger partial charge in [0.05, 0.1) is 0 Å². The third-order valence-electron chi connectivity index (χ3n) is 4.69. The van der Waals surface area contributed by atoms with Gasteiger partial charge in [-0.3, -0.25) is 4.90 Å². The molecule has 3 heteroatoms. The number of fused-ring (bicyclic) bond motifs is 1. The molecule has 2 nitrogen and oxygen atoms in total. The highest BCUT2D eigenvalue weighted by Gasteiger charge is 2.25. The summed E-state index contributed by atoms with van der Waals surface area (Å²) < 4.78 is 0. The van der Waals surface area contributed by atoms with Crippen LogP contribution in [-0.2, 0) is 6.42 Å². The molecular formula is C15H24N2S. The van der Waals surface area contributed by atoms with Crippen molar-refractivity contribution in [2.24, 2.45) is 5.92 Å². The lowest BCUT2D eigenvalue weighted by atomic mass is 9.93. The Morgan fingerprint density at radius 3 is 3.06 bits per heavy atom. The maximum absolute atomic E-state index is 3.46. The number of nitrogens with zero attached hydrogens (tertiary/aromatic N) is 1. The van der Waals surface area contributed by atoms with Crippen LogP contribution in [0.25, 0.3) is 0 Å². The summed E-state index contributed by atoms with van der Waals surface area (Å²) in [4.78, 5) is 4.32. The minimum atomic E-state index is 0.640. The molecule has 0 amide bonds. The van der Waals surface area contributed by atoms with Gasteiger partial charge in [-0.05, 0) is 75.2 Å². The van der Waals surface area contributed by atoms with Crippen LogP contribution in [0, 0.1) is 5.92 Å². The number of nitrogens with one attached hydrogen (secondary N) is 1. The summed E-state index contributed by atoms with van der Waals surface area (Å²) in [6, 6.07) is 2.98. The zero-order valence-corrected chi connectivity index (χ0v) is 12.1. The van der Waals surface area contributed by atoms with Crippen LogP contribution in [-0.4, -0.2) is 31.1 Å². The lowest BCUT2D eigenvalue weighted by Crippen LogP contribution is -2.36. The van der Waals surface area contributed by atoms with Crippen LogP contribution < -0.4 is 5.32 Å². The molecule has 1 unspecified atom stereocenters. The van der Waals surface area contributed by atoms with E-state index in [9.17, 15) is 0 Å². The van der Waals surface area contributed by atoms with Crippen molar-refractivity contribution in [2.75, 3.05) is 26.2 Å². The molecule has 1 aromatic heterocycles. The van der Waals surface area contributed by atoms with E-state index in [4.69, 9.17) is 0 Å². The van der Waals surface area contributed by atoms with E-state index < -0.39 is 0 Å². The smallest absolute Gasteiger partial charge is 0.0331 e. The van der Waals surface area contributed by atoms with E-state index >= 15 is 0 Å². The van der Waals surface area contributed by atoms with Crippen molar-refractivity contribution in [1.82, 2.24) is 10.2 Å². The van der Waals surface area contributed by atoms with Crippen LogP contribution in [0.2, 0.25) is 0 Å². The van der Waals surface area contributed by atoms with E-state index in [-0.39, 0.29) is 0 Å². The Morgan fingerprint density at radius 1 is 1.39 bits per heavy atom. The van der Waals surface area contributed by atoms with Crippen molar-refractivity contribution < 1.29 is 0 Å². The Bertz CT molecular complexity index is 382. The van der Waals surface area contributed by atoms with Gasteiger partial charge in [0, 0.05) is 17.5 Å². The quantitative estimate of drug-likeness (QED) is 0.902. The standard InChI is InChI=1S/C15H24N2S/c1-12-14-6-11-18-15(14)5-10-17(12)9-4-13-2-7-16-8-3-13/h6,11-13,16H,2-5,7-10H2,1H3. The zero-order chi connectivity index (χ0) is 12.4. The average molecular weight is 264 g/mol. The van der Waals surface area contributed by atoms with E-state index in [1.807, 2.05) is 11.3 Å². The maximum atomic E-state index is 3.46. The van der Waals surface area contributed by atoms with Crippen LogP contribution in [0.1, 0.15) is 42.7 Å². The molecule has 1 aromatic rings. The summed E-state index contributed by atoms with van der Waals surface area (Å²) in [6.07, 6.45) is 5.42. The van der Waals surface area contributed by atoms with Crippen LogP contribution in [0.4, 0.5) is 0 Å². The van der Waals surface area contributed by atoms with Crippen molar-refractivity contribution >= 4 is 11.3 Å². The zero-order valence-electron chi connectivity index (χ0n) is 11.3. The van der Waals surface area contributed by atoms with Gasteiger partial charge in [0.25, 0.3) is 0 Å². The average Bonchev–Trinajstić information content (AvgIpc) is 2.88. The molecule has 3 heterocycles. The molecule has 0 bridgehead atoms. The first-order valence-corrected chi connectivity index (χ1v) is 8.23. The molecule has 1 fully saturated rings. The van der Waals surface area contributed by atoms with Crippen LogP contribution >= 0.6 is 11.3 Å². The highest BCUT2D eigenvalue weighted by Crippen LogP contribution is 2.33. The number of rotatable bonds is 3. The topological polar surface area (TPSA) is 15.3 Å². The summed E-state index contributed by atoms with van der Waals surface area (Å²) in [5, 5.41) is 5.72. The SMILES string of the molecule is CC1c2ccsc2CCN1CCC1CCNCC1. The van der Waals surface area contributed by atoms with Crippen molar-refractivity contribution in [3.8, 4) is 0 Å². The second-order valence-corrected chi connectivity index (χ2v) is 6.74. The fraction of sp³-hybridized carbons (Fsp3) is 0.733. The van der Waals surface area contributed by atoms with Gasteiger partial charge in [-0.25, -0.2) is 0 Å². The van der Waals surface area contributed by atoms with Crippen molar-refractivity contribution in [3.05, 3.63) is 21.9 Å². The Hall–Kier alpha value is -0.380. The normalized spacial score (nSPS) is 26.2. The summed E-state index contributed by atoms with van der Waals surface area (Å²) in [5.74, 6) is 0.960. The second kappa shape index (κ2) is 5.72. The predicted molar refractivity (Wildman–Crippen MR) is 78.2 cm³/mol. The first-order chi connectivity index (χ1) is 8.84. The molecule has 100 valence electrons.